The number of nitrogens with zero attached hydrogens (tertiary/aromatic N) is 1. The molecule has 1 aromatic heterocycles. The van der Waals surface area contributed by atoms with Crippen LogP contribution in [0.3, 0.4) is 0 Å². The fourth-order valence-electron chi connectivity index (χ4n) is 4.33. The summed E-state index contributed by atoms with van der Waals surface area (Å²) in [5.74, 6) is 0.773. The van der Waals surface area contributed by atoms with Gasteiger partial charge in [-0.1, -0.05) is 54.9 Å². The number of hydrogen-bond acceptors (Lipinski definition) is 5. The second kappa shape index (κ2) is 9.92. The number of benzene rings is 2. The van der Waals surface area contributed by atoms with Crippen molar-refractivity contribution in [2.45, 2.75) is 40.0 Å². The van der Waals surface area contributed by atoms with Crippen molar-refractivity contribution in [2.24, 2.45) is 16.3 Å². The Morgan fingerprint density at radius 2 is 2.00 bits per heavy atom. The first kappa shape index (κ1) is 24.5. The molecule has 1 amide bonds. The highest BCUT2D eigenvalue weighted by Gasteiger charge is 2.33. The largest absolute Gasteiger partial charge is 0.504 e. The average Bonchev–Trinajstić information content (AvgIpc) is 3.17. The lowest BCUT2D eigenvalue weighted by Gasteiger charge is -2.33. The van der Waals surface area contributed by atoms with Crippen molar-refractivity contribution in [3.63, 3.8) is 0 Å². The highest BCUT2D eigenvalue weighted by molar-refractivity contribution is 9.10. The van der Waals surface area contributed by atoms with Crippen LogP contribution in [0.15, 0.2) is 51.9 Å². The molecule has 34 heavy (non-hydrogen) atoms. The van der Waals surface area contributed by atoms with Crippen molar-refractivity contribution in [1.82, 2.24) is 0 Å². The van der Waals surface area contributed by atoms with Crippen molar-refractivity contribution >= 4 is 50.1 Å². The molecule has 4 rings (SSSR count). The molecule has 5 nitrogen and oxygen atoms in total. The molecule has 0 spiro atoms. The molecule has 1 aliphatic rings. The van der Waals surface area contributed by atoms with Gasteiger partial charge < -0.3 is 15.2 Å². The first-order valence-electron chi connectivity index (χ1n) is 11.3. The third-order valence-corrected chi connectivity index (χ3v) is 7.96. The molecule has 0 saturated heterocycles. The van der Waals surface area contributed by atoms with E-state index in [-0.39, 0.29) is 17.1 Å². The van der Waals surface area contributed by atoms with E-state index in [9.17, 15) is 9.90 Å². The van der Waals surface area contributed by atoms with Crippen LogP contribution < -0.4 is 10.1 Å². The number of ether oxygens (including phenoxy) is 1. The van der Waals surface area contributed by atoms with Crippen molar-refractivity contribution in [1.29, 1.82) is 0 Å². The molecule has 0 fully saturated rings. The van der Waals surface area contributed by atoms with Gasteiger partial charge in [0.2, 0.25) is 0 Å². The molecule has 0 saturated carbocycles. The minimum atomic E-state index is -0.152. The molecule has 0 bridgehead atoms. The molecule has 1 aliphatic carbocycles. The third kappa shape index (κ3) is 5.20. The van der Waals surface area contributed by atoms with Gasteiger partial charge in [-0.25, -0.2) is 4.99 Å². The Bertz CT molecular complexity index is 1230. The van der Waals surface area contributed by atoms with Crippen molar-refractivity contribution in [2.75, 3.05) is 12.4 Å². The highest BCUT2D eigenvalue weighted by Crippen LogP contribution is 2.45. The van der Waals surface area contributed by atoms with Crippen LogP contribution in [-0.4, -0.2) is 24.3 Å². The summed E-state index contributed by atoms with van der Waals surface area (Å²) in [6.45, 7) is 6.84. The molecular weight excluding hydrogens is 512 g/mol. The Balaban J connectivity index is 1.74. The predicted octanol–water partition coefficient (Wildman–Crippen LogP) is 7.38. The summed E-state index contributed by atoms with van der Waals surface area (Å²) in [4.78, 5) is 19.4. The van der Waals surface area contributed by atoms with Crippen molar-refractivity contribution in [3.05, 3.63) is 68.5 Å². The molecule has 2 N–H and O–H groups in total. The number of carbonyl (C=O) groups is 1. The zero-order valence-corrected chi connectivity index (χ0v) is 22.2. The number of methoxy groups -OCH3 is 1. The maximum atomic E-state index is 13.4. The topological polar surface area (TPSA) is 70.9 Å². The molecule has 0 aliphatic heterocycles. The zero-order chi connectivity index (χ0) is 24.5. The number of aromatic hydroxyl groups is 1. The van der Waals surface area contributed by atoms with Gasteiger partial charge in [0.25, 0.3) is 5.91 Å². The number of thiophene rings is 1. The van der Waals surface area contributed by atoms with E-state index in [0.29, 0.717) is 27.8 Å². The quantitative estimate of drug-likeness (QED) is 0.331. The average molecular weight is 542 g/mol. The van der Waals surface area contributed by atoms with E-state index in [4.69, 9.17) is 9.73 Å². The molecule has 3 aromatic rings. The number of aliphatic imine (C=N–C) groups is 1. The van der Waals surface area contributed by atoms with Gasteiger partial charge in [0.1, 0.15) is 5.00 Å². The minimum Gasteiger partial charge on any atom is -0.504 e. The van der Waals surface area contributed by atoms with E-state index < -0.39 is 0 Å². The number of para-hydroxylation sites is 1. The van der Waals surface area contributed by atoms with Gasteiger partial charge in [-0.3, -0.25) is 4.79 Å². The summed E-state index contributed by atoms with van der Waals surface area (Å²) in [6, 6.07) is 12.9. The van der Waals surface area contributed by atoms with Crippen LogP contribution in [0.5, 0.6) is 11.5 Å². The Kier molecular flexibility index (Phi) is 7.14. The van der Waals surface area contributed by atoms with Gasteiger partial charge in [0.05, 0.1) is 12.7 Å². The number of phenols is 1. The van der Waals surface area contributed by atoms with E-state index in [1.807, 2.05) is 30.3 Å². The summed E-state index contributed by atoms with van der Waals surface area (Å²) < 4.78 is 6.02. The lowest BCUT2D eigenvalue weighted by Crippen LogP contribution is -2.27. The number of fused-ring (bicyclic) bond motifs is 1. The lowest BCUT2D eigenvalue weighted by molar-refractivity contribution is 0.102. The van der Waals surface area contributed by atoms with Crippen LogP contribution in [0, 0.1) is 11.3 Å². The van der Waals surface area contributed by atoms with Gasteiger partial charge in [-0.2, -0.15) is 0 Å². The highest BCUT2D eigenvalue weighted by atomic mass is 79.9. The number of anilines is 1. The van der Waals surface area contributed by atoms with Crippen molar-refractivity contribution in [3.8, 4) is 11.5 Å². The fourth-order valence-corrected chi connectivity index (χ4v) is 6.05. The Hall–Kier alpha value is -2.64. The molecule has 7 heteroatoms. The second-order valence-corrected chi connectivity index (χ2v) is 11.6. The molecule has 2 aromatic carbocycles. The van der Waals surface area contributed by atoms with Crippen molar-refractivity contribution < 1.29 is 14.6 Å². The second-order valence-electron chi connectivity index (χ2n) is 9.61. The van der Waals surface area contributed by atoms with E-state index in [0.717, 1.165) is 35.0 Å². The molecule has 0 unspecified atom stereocenters. The van der Waals surface area contributed by atoms with Gasteiger partial charge in [0, 0.05) is 26.8 Å². The van der Waals surface area contributed by atoms with Crippen LogP contribution in [0.2, 0.25) is 0 Å². The number of rotatable bonds is 5. The smallest absolute Gasteiger partial charge is 0.259 e. The Morgan fingerprint density at radius 1 is 1.26 bits per heavy atom. The summed E-state index contributed by atoms with van der Waals surface area (Å²) in [5.41, 5.74) is 3.20. The number of amides is 1. The Labute approximate surface area is 213 Å². The van der Waals surface area contributed by atoms with E-state index in [1.54, 1.807) is 29.7 Å². The van der Waals surface area contributed by atoms with Gasteiger partial charge in [-0.05, 0) is 60.4 Å². The van der Waals surface area contributed by atoms with Gasteiger partial charge >= 0.3 is 0 Å². The zero-order valence-electron chi connectivity index (χ0n) is 19.8. The summed E-state index contributed by atoms with van der Waals surface area (Å²) in [7, 11) is 1.51. The first-order chi connectivity index (χ1) is 16.2. The summed E-state index contributed by atoms with van der Waals surface area (Å²) in [5, 5.41) is 14.2. The molecule has 178 valence electrons. The lowest BCUT2D eigenvalue weighted by atomic mass is 9.72. The molecule has 1 atom stereocenters. The number of hydrogen-bond donors (Lipinski definition) is 2. The first-order valence-corrected chi connectivity index (χ1v) is 12.9. The number of phenolic OH excluding ortho intramolecular Hbond substituents is 1. The van der Waals surface area contributed by atoms with Gasteiger partial charge in [0.15, 0.2) is 11.5 Å². The minimum absolute atomic E-state index is 0.0128. The normalized spacial score (nSPS) is 15.9. The molecular formula is C27H29BrN2O3S. The maximum Gasteiger partial charge on any atom is 0.259 e. The monoisotopic (exact) mass is 540 g/mol. The molecule has 1 heterocycles. The maximum absolute atomic E-state index is 13.4. The SMILES string of the molecule is COc1cc(Br)cc(C=Nc2sc3c(c2C(=O)Nc2ccccc2)CC[C@H](C(C)(C)C)C3)c1O. The van der Waals surface area contributed by atoms with Crippen LogP contribution >= 0.6 is 27.3 Å². The Morgan fingerprint density at radius 3 is 2.68 bits per heavy atom. The number of nitrogens with one attached hydrogen (secondary N) is 1. The van der Waals surface area contributed by atoms with E-state index >= 15 is 0 Å². The predicted molar refractivity (Wildman–Crippen MR) is 143 cm³/mol. The fraction of sp³-hybridized carbons (Fsp3) is 0.333. The van der Waals surface area contributed by atoms with Crippen LogP contribution in [0.4, 0.5) is 10.7 Å². The summed E-state index contributed by atoms with van der Waals surface area (Å²) in [6.07, 6.45) is 4.45. The van der Waals surface area contributed by atoms with Crippen LogP contribution in [-0.2, 0) is 12.8 Å². The van der Waals surface area contributed by atoms with E-state index in [2.05, 4.69) is 42.0 Å². The number of carbonyl (C=O) groups excluding carboxylic acids is 1. The standard InChI is InChI=1S/C27H29BrN2O3S/c1-27(2,3)17-10-11-20-22(13-17)34-26(23(20)25(32)30-19-8-6-5-7-9-19)29-15-16-12-18(28)14-21(33-4)24(16)31/h5-9,12,14-15,17,31H,10-11,13H2,1-4H3,(H,30,32)/t17-/m0/s1. The van der Waals surface area contributed by atoms with Crippen LogP contribution in [0.25, 0.3) is 0 Å². The molecule has 0 radical (unpaired) electrons. The van der Waals surface area contributed by atoms with E-state index in [1.165, 1.54) is 12.0 Å². The number of halogens is 1. The van der Waals surface area contributed by atoms with Gasteiger partial charge in [-0.15, -0.1) is 11.3 Å². The third-order valence-electron chi connectivity index (χ3n) is 6.34. The summed E-state index contributed by atoms with van der Waals surface area (Å²) >= 11 is 5.02. The van der Waals surface area contributed by atoms with Crippen LogP contribution in [0.1, 0.15) is 53.6 Å².